The molecule has 23 heavy (non-hydrogen) atoms. The third-order valence-electron chi connectivity index (χ3n) is 4.53. The van der Waals surface area contributed by atoms with Gasteiger partial charge in [-0.05, 0) is 30.5 Å². The minimum absolute atomic E-state index is 0.00401. The van der Waals surface area contributed by atoms with Crippen molar-refractivity contribution in [2.24, 2.45) is 0 Å². The summed E-state index contributed by atoms with van der Waals surface area (Å²) >= 11 is 0. The van der Waals surface area contributed by atoms with Crippen molar-refractivity contribution in [3.63, 3.8) is 0 Å². The number of benzene rings is 1. The van der Waals surface area contributed by atoms with E-state index >= 15 is 0 Å². The zero-order valence-electron chi connectivity index (χ0n) is 13.4. The SMILES string of the molecule is CC[C@@H](C=CC(=O)N1Cc2ccccc2C1)NC(=O)[C@@H]1CCN1. The van der Waals surface area contributed by atoms with Crippen LogP contribution in [0, 0.1) is 0 Å². The molecule has 0 radical (unpaired) electrons. The van der Waals surface area contributed by atoms with Crippen LogP contribution in [0.3, 0.4) is 0 Å². The lowest BCUT2D eigenvalue weighted by Crippen LogP contribution is -2.54. The van der Waals surface area contributed by atoms with Crippen LogP contribution in [-0.4, -0.2) is 35.3 Å². The fourth-order valence-electron chi connectivity index (χ4n) is 2.87. The van der Waals surface area contributed by atoms with Crippen LogP contribution < -0.4 is 10.6 Å². The van der Waals surface area contributed by atoms with E-state index in [1.807, 2.05) is 30.0 Å². The van der Waals surface area contributed by atoms with Crippen molar-refractivity contribution in [3.05, 3.63) is 47.5 Å². The third kappa shape index (κ3) is 3.62. The Morgan fingerprint density at radius 3 is 2.52 bits per heavy atom. The second-order valence-corrected chi connectivity index (χ2v) is 6.14. The molecule has 0 aliphatic carbocycles. The van der Waals surface area contributed by atoms with Gasteiger partial charge < -0.3 is 15.5 Å². The van der Waals surface area contributed by atoms with Gasteiger partial charge in [-0.2, -0.15) is 0 Å². The van der Waals surface area contributed by atoms with E-state index in [1.54, 1.807) is 6.08 Å². The first-order valence-corrected chi connectivity index (χ1v) is 8.25. The Morgan fingerprint density at radius 2 is 2.00 bits per heavy atom. The van der Waals surface area contributed by atoms with Crippen LogP contribution in [0.2, 0.25) is 0 Å². The first kappa shape index (κ1) is 15.7. The Hall–Kier alpha value is -2.14. The highest BCUT2D eigenvalue weighted by Crippen LogP contribution is 2.22. The number of fused-ring (bicyclic) bond motifs is 1. The zero-order valence-corrected chi connectivity index (χ0v) is 13.4. The van der Waals surface area contributed by atoms with Crippen molar-refractivity contribution in [3.8, 4) is 0 Å². The minimum Gasteiger partial charge on any atom is -0.349 e. The molecule has 1 fully saturated rings. The molecule has 2 aliphatic heterocycles. The van der Waals surface area contributed by atoms with Crippen molar-refractivity contribution >= 4 is 11.8 Å². The lowest BCUT2D eigenvalue weighted by atomic mass is 10.1. The number of carbonyl (C=O) groups is 2. The van der Waals surface area contributed by atoms with Gasteiger partial charge in [0.15, 0.2) is 0 Å². The van der Waals surface area contributed by atoms with E-state index in [1.165, 1.54) is 11.1 Å². The normalized spacial score (nSPS) is 20.9. The Bertz CT molecular complexity index is 597. The van der Waals surface area contributed by atoms with E-state index in [9.17, 15) is 9.59 Å². The van der Waals surface area contributed by atoms with Crippen LogP contribution in [0.15, 0.2) is 36.4 Å². The maximum absolute atomic E-state index is 12.3. The molecule has 122 valence electrons. The van der Waals surface area contributed by atoms with Gasteiger partial charge in [0.25, 0.3) is 0 Å². The van der Waals surface area contributed by atoms with Gasteiger partial charge in [-0.3, -0.25) is 9.59 Å². The first-order valence-electron chi connectivity index (χ1n) is 8.25. The maximum Gasteiger partial charge on any atom is 0.246 e. The Kier molecular flexibility index (Phi) is 4.76. The number of hydrogen-bond acceptors (Lipinski definition) is 3. The summed E-state index contributed by atoms with van der Waals surface area (Å²) in [5, 5.41) is 6.06. The smallest absolute Gasteiger partial charge is 0.246 e. The molecular weight excluding hydrogens is 290 g/mol. The highest BCUT2D eigenvalue weighted by atomic mass is 16.2. The monoisotopic (exact) mass is 313 g/mol. The summed E-state index contributed by atoms with van der Waals surface area (Å²) in [5.74, 6) is 0.0180. The molecule has 2 atom stereocenters. The molecule has 0 unspecified atom stereocenters. The van der Waals surface area contributed by atoms with E-state index in [-0.39, 0.29) is 23.9 Å². The van der Waals surface area contributed by atoms with Gasteiger partial charge >= 0.3 is 0 Å². The minimum atomic E-state index is -0.0983. The van der Waals surface area contributed by atoms with Gasteiger partial charge in [-0.25, -0.2) is 0 Å². The first-order chi connectivity index (χ1) is 11.2. The van der Waals surface area contributed by atoms with Gasteiger partial charge in [0, 0.05) is 25.2 Å². The van der Waals surface area contributed by atoms with E-state index in [0.29, 0.717) is 13.1 Å². The third-order valence-corrected chi connectivity index (χ3v) is 4.53. The van der Waals surface area contributed by atoms with E-state index in [0.717, 1.165) is 19.4 Å². The average Bonchev–Trinajstić information content (AvgIpc) is 2.93. The summed E-state index contributed by atoms with van der Waals surface area (Å²) in [4.78, 5) is 26.1. The number of carbonyl (C=O) groups excluding carboxylic acids is 2. The summed E-state index contributed by atoms with van der Waals surface area (Å²) < 4.78 is 0. The number of nitrogens with one attached hydrogen (secondary N) is 2. The van der Waals surface area contributed by atoms with E-state index in [2.05, 4.69) is 22.8 Å². The number of amides is 2. The molecule has 5 nitrogen and oxygen atoms in total. The van der Waals surface area contributed by atoms with Gasteiger partial charge in [-0.1, -0.05) is 37.3 Å². The second-order valence-electron chi connectivity index (χ2n) is 6.14. The molecule has 5 heteroatoms. The summed E-state index contributed by atoms with van der Waals surface area (Å²) in [7, 11) is 0. The van der Waals surface area contributed by atoms with Gasteiger partial charge in [0.05, 0.1) is 6.04 Å². The van der Waals surface area contributed by atoms with Crippen molar-refractivity contribution in [1.82, 2.24) is 15.5 Å². The predicted octanol–water partition coefficient (Wildman–Crippen LogP) is 1.34. The molecule has 1 aromatic rings. The summed E-state index contributed by atoms with van der Waals surface area (Å²) in [6.07, 6.45) is 5.05. The van der Waals surface area contributed by atoms with Gasteiger partial charge in [0.2, 0.25) is 11.8 Å². The van der Waals surface area contributed by atoms with Crippen LogP contribution in [0.5, 0.6) is 0 Å². The summed E-state index contributed by atoms with van der Waals surface area (Å²) in [6, 6.07) is 7.96. The highest BCUT2D eigenvalue weighted by Gasteiger charge is 2.25. The molecule has 1 aromatic carbocycles. The topological polar surface area (TPSA) is 61.4 Å². The van der Waals surface area contributed by atoms with Crippen LogP contribution in [0.4, 0.5) is 0 Å². The molecule has 2 amide bonds. The average molecular weight is 313 g/mol. The number of hydrogen-bond donors (Lipinski definition) is 2. The highest BCUT2D eigenvalue weighted by molar-refractivity contribution is 5.88. The van der Waals surface area contributed by atoms with Crippen molar-refractivity contribution in [2.45, 2.75) is 44.9 Å². The quantitative estimate of drug-likeness (QED) is 0.807. The van der Waals surface area contributed by atoms with Crippen LogP contribution in [-0.2, 0) is 22.7 Å². The molecule has 2 aliphatic rings. The molecule has 3 rings (SSSR count). The molecule has 0 aromatic heterocycles. The summed E-state index contributed by atoms with van der Waals surface area (Å²) in [6.45, 7) is 4.22. The van der Waals surface area contributed by atoms with Crippen molar-refractivity contribution in [2.75, 3.05) is 6.54 Å². The Morgan fingerprint density at radius 1 is 1.35 bits per heavy atom. The molecule has 0 bridgehead atoms. The Balaban J connectivity index is 1.54. The molecular formula is C18H23N3O2. The molecule has 2 heterocycles. The van der Waals surface area contributed by atoms with Crippen LogP contribution >= 0.6 is 0 Å². The van der Waals surface area contributed by atoms with Gasteiger partial charge in [-0.15, -0.1) is 0 Å². The van der Waals surface area contributed by atoms with E-state index in [4.69, 9.17) is 0 Å². The van der Waals surface area contributed by atoms with Crippen LogP contribution in [0.1, 0.15) is 30.9 Å². The lowest BCUT2D eigenvalue weighted by Gasteiger charge is -2.27. The van der Waals surface area contributed by atoms with Crippen molar-refractivity contribution in [1.29, 1.82) is 0 Å². The number of nitrogens with zero attached hydrogens (tertiary/aromatic N) is 1. The van der Waals surface area contributed by atoms with E-state index < -0.39 is 0 Å². The predicted molar refractivity (Wildman–Crippen MR) is 88.5 cm³/mol. The number of rotatable bonds is 5. The molecule has 0 saturated carbocycles. The van der Waals surface area contributed by atoms with Crippen LogP contribution in [0.25, 0.3) is 0 Å². The maximum atomic E-state index is 12.3. The fourth-order valence-corrected chi connectivity index (χ4v) is 2.87. The van der Waals surface area contributed by atoms with Gasteiger partial charge in [0.1, 0.15) is 0 Å². The van der Waals surface area contributed by atoms with Crippen molar-refractivity contribution < 1.29 is 9.59 Å². The Labute approximate surface area is 136 Å². The second kappa shape index (κ2) is 6.96. The molecule has 2 N–H and O–H groups in total. The molecule has 0 spiro atoms. The summed E-state index contributed by atoms with van der Waals surface area (Å²) in [5.41, 5.74) is 2.43. The fraction of sp³-hybridized carbons (Fsp3) is 0.444. The largest absolute Gasteiger partial charge is 0.349 e. The lowest BCUT2D eigenvalue weighted by molar-refractivity contribution is -0.127. The molecule has 1 saturated heterocycles. The zero-order chi connectivity index (χ0) is 16.2. The standard InChI is InChI=1S/C18H23N3O2/c1-2-15(20-18(23)16-9-10-19-16)7-8-17(22)21-11-13-5-3-4-6-14(13)12-21/h3-8,15-16,19H,2,9-12H2,1H3,(H,20,23)/t15-,16-/m0/s1.